The van der Waals surface area contributed by atoms with Gasteiger partial charge in [-0.2, -0.15) is 0 Å². The zero-order valence-corrected chi connectivity index (χ0v) is 9.90. The molecule has 0 radical (unpaired) electrons. The van der Waals surface area contributed by atoms with Gasteiger partial charge in [-0.1, -0.05) is 0 Å². The molecule has 0 spiro atoms. The van der Waals surface area contributed by atoms with Gasteiger partial charge in [0.15, 0.2) is 0 Å². The zero-order valence-electron chi connectivity index (χ0n) is 8.11. The smallest absolute Gasteiger partial charge is 0.355 e. The van der Waals surface area contributed by atoms with Gasteiger partial charge < -0.3 is 30.0 Å². The fourth-order valence-corrected chi connectivity index (χ4v) is 3.87. The first-order chi connectivity index (χ1) is 6.62. The molecule has 0 aromatic heterocycles. The highest BCUT2D eigenvalue weighted by molar-refractivity contribution is 7.72. The van der Waals surface area contributed by atoms with Crippen molar-refractivity contribution in [2.24, 2.45) is 5.73 Å². The number of nitrogens with two attached hydrogens (primary N) is 1. The predicted octanol–water partition coefficient (Wildman–Crippen LogP) is -0.619. The van der Waals surface area contributed by atoms with Gasteiger partial charge in [-0.25, -0.2) is 0 Å². The van der Waals surface area contributed by atoms with Crippen LogP contribution in [0.2, 0.25) is 0 Å². The maximum absolute atomic E-state index is 11.1. The summed E-state index contributed by atoms with van der Waals surface area (Å²) in [7, 11) is -9.36. The Bertz CT molecular complexity index is 272. The van der Waals surface area contributed by atoms with Crippen molar-refractivity contribution in [2.75, 3.05) is 13.7 Å². The fourth-order valence-electron chi connectivity index (χ4n) is 1.13. The third-order valence-corrected chi connectivity index (χ3v) is 6.14. The van der Waals surface area contributed by atoms with E-state index in [1.54, 1.807) is 0 Å². The molecule has 0 bridgehead atoms. The molecule has 0 aromatic carbocycles. The average molecular weight is 263 g/mol. The van der Waals surface area contributed by atoms with Crippen LogP contribution in [0.25, 0.3) is 0 Å². The standard InChI is InChI=1S/C5H15NO7P2/c1-13-5(3-2-4-6,14(7,8)9)15(10,11)12/h2-4,6H2,1H3,(H2,7,8,9)(H2,10,11,12). The lowest BCUT2D eigenvalue weighted by Gasteiger charge is -2.32. The van der Waals surface area contributed by atoms with E-state index in [9.17, 15) is 9.13 Å². The fraction of sp³-hybridized carbons (Fsp3) is 1.00. The van der Waals surface area contributed by atoms with Crippen molar-refractivity contribution in [1.29, 1.82) is 0 Å². The van der Waals surface area contributed by atoms with E-state index in [1.807, 2.05) is 0 Å². The maximum Gasteiger partial charge on any atom is 0.369 e. The third-order valence-electron chi connectivity index (χ3n) is 1.94. The summed E-state index contributed by atoms with van der Waals surface area (Å²) in [6.45, 7) is 0.0467. The molecule has 10 heteroatoms. The van der Waals surface area contributed by atoms with E-state index in [0.29, 0.717) is 0 Å². The molecule has 0 aliphatic heterocycles. The van der Waals surface area contributed by atoms with Crippen LogP contribution in [0.1, 0.15) is 12.8 Å². The average Bonchev–Trinajstić information content (AvgIpc) is 2.01. The number of ether oxygens (including phenoxy) is 1. The lowest BCUT2D eigenvalue weighted by molar-refractivity contribution is 0.0701. The van der Waals surface area contributed by atoms with Crippen LogP contribution in [-0.4, -0.2) is 38.3 Å². The second kappa shape index (κ2) is 5.03. The highest BCUT2D eigenvalue weighted by atomic mass is 31.2. The third kappa shape index (κ3) is 3.09. The number of rotatable bonds is 6. The van der Waals surface area contributed by atoms with E-state index in [-0.39, 0.29) is 13.0 Å². The molecule has 6 N–H and O–H groups in total. The summed E-state index contributed by atoms with van der Waals surface area (Å²) in [5.41, 5.74) is 5.12. The van der Waals surface area contributed by atoms with E-state index < -0.39 is 26.7 Å². The molecule has 0 saturated heterocycles. The molecule has 8 nitrogen and oxygen atoms in total. The van der Waals surface area contributed by atoms with E-state index in [1.165, 1.54) is 0 Å². The summed E-state index contributed by atoms with van der Waals surface area (Å²) in [5.74, 6) is 0. The van der Waals surface area contributed by atoms with Crippen LogP contribution in [0.5, 0.6) is 0 Å². The molecule has 0 rings (SSSR count). The summed E-state index contributed by atoms with van der Waals surface area (Å²) in [6.07, 6.45) is -0.474. The molecule has 0 aliphatic carbocycles. The Morgan fingerprint density at radius 3 is 1.80 bits per heavy atom. The lowest BCUT2D eigenvalue weighted by atomic mass is 10.3. The molecule has 0 saturated carbocycles. The van der Waals surface area contributed by atoms with Gasteiger partial charge in [0.1, 0.15) is 0 Å². The molecule has 0 amide bonds. The summed E-state index contributed by atoms with van der Waals surface area (Å²) in [4.78, 5) is 35.8. The van der Waals surface area contributed by atoms with Crippen LogP contribution >= 0.6 is 15.2 Å². The Morgan fingerprint density at radius 2 is 1.60 bits per heavy atom. The highest BCUT2D eigenvalue weighted by Gasteiger charge is 2.60. The molecule has 0 atom stereocenters. The number of hydrogen-bond donors (Lipinski definition) is 5. The van der Waals surface area contributed by atoms with Crippen LogP contribution < -0.4 is 5.73 Å². The minimum atomic E-state index is -5.10. The van der Waals surface area contributed by atoms with Crippen LogP contribution in [0.3, 0.4) is 0 Å². The lowest BCUT2D eigenvalue weighted by Crippen LogP contribution is -2.32. The molecule has 0 aliphatic rings. The normalized spacial score (nSPS) is 14.3. The molecular formula is C5H15NO7P2. The molecular weight excluding hydrogens is 248 g/mol. The molecule has 92 valence electrons. The summed E-state index contributed by atoms with van der Waals surface area (Å²) in [6, 6.07) is 0. The first-order valence-corrected chi connectivity index (χ1v) is 7.21. The van der Waals surface area contributed by atoms with Crippen LogP contribution in [0.4, 0.5) is 0 Å². The van der Waals surface area contributed by atoms with Crippen LogP contribution in [0.15, 0.2) is 0 Å². The van der Waals surface area contributed by atoms with Crippen molar-refractivity contribution in [3.63, 3.8) is 0 Å². The van der Waals surface area contributed by atoms with Gasteiger partial charge in [-0.05, 0) is 13.0 Å². The zero-order chi connectivity index (χ0) is 12.3. The Labute approximate surface area is 86.8 Å². The van der Waals surface area contributed by atoms with Gasteiger partial charge >= 0.3 is 15.2 Å². The van der Waals surface area contributed by atoms with Gasteiger partial charge in [-0.15, -0.1) is 0 Å². The van der Waals surface area contributed by atoms with E-state index >= 15 is 0 Å². The second-order valence-electron chi connectivity index (χ2n) is 2.93. The summed E-state index contributed by atoms with van der Waals surface area (Å²) in [5, 5.41) is -2.78. The molecule has 0 aromatic rings. The van der Waals surface area contributed by atoms with Crippen molar-refractivity contribution in [3.05, 3.63) is 0 Å². The minimum Gasteiger partial charge on any atom is -0.355 e. The van der Waals surface area contributed by atoms with E-state index in [0.717, 1.165) is 7.11 Å². The second-order valence-corrected chi connectivity index (χ2v) is 6.90. The van der Waals surface area contributed by atoms with Gasteiger partial charge in [0.05, 0.1) is 0 Å². The van der Waals surface area contributed by atoms with E-state index in [4.69, 9.17) is 25.3 Å². The number of methoxy groups -OCH3 is 1. The van der Waals surface area contributed by atoms with Crippen molar-refractivity contribution in [3.8, 4) is 0 Å². The maximum atomic E-state index is 11.1. The van der Waals surface area contributed by atoms with E-state index in [2.05, 4.69) is 4.74 Å². The Balaban J connectivity index is 5.33. The monoisotopic (exact) mass is 263 g/mol. The van der Waals surface area contributed by atoms with Gasteiger partial charge in [0, 0.05) is 13.5 Å². The first kappa shape index (κ1) is 15.2. The van der Waals surface area contributed by atoms with Gasteiger partial charge in [0.2, 0.25) is 0 Å². The van der Waals surface area contributed by atoms with Crippen molar-refractivity contribution in [1.82, 2.24) is 0 Å². The van der Waals surface area contributed by atoms with Gasteiger partial charge in [0.25, 0.3) is 5.08 Å². The molecule has 15 heavy (non-hydrogen) atoms. The quantitative estimate of drug-likeness (QED) is 0.398. The first-order valence-electron chi connectivity index (χ1n) is 3.99. The Hall–Kier alpha value is 0.220. The SMILES string of the molecule is COC(CCCN)(P(=O)(O)O)P(=O)(O)O. The topological polar surface area (TPSA) is 150 Å². The molecule has 0 heterocycles. The van der Waals surface area contributed by atoms with Crippen molar-refractivity contribution < 1.29 is 33.4 Å². The molecule has 0 fully saturated rings. The van der Waals surface area contributed by atoms with Crippen molar-refractivity contribution >= 4 is 15.2 Å². The van der Waals surface area contributed by atoms with Gasteiger partial charge in [-0.3, -0.25) is 9.13 Å². The molecule has 0 unspecified atom stereocenters. The summed E-state index contributed by atoms with van der Waals surface area (Å²) >= 11 is 0. The van der Waals surface area contributed by atoms with Crippen LogP contribution in [-0.2, 0) is 13.9 Å². The number of hydrogen-bond acceptors (Lipinski definition) is 4. The van der Waals surface area contributed by atoms with Crippen LogP contribution in [0, 0.1) is 0 Å². The Kier molecular flexibility index (Phi) is 5.11. The van der Waals surface area contributed by atoms with Crippen molar-refractivity contribution in [2.45, 2.75) is 17.9 Å². The minimum absolute atomic E-state index is 0.0318. The summed E-state index contributed by atoms with van der Waals surface area (Å²) < 4.78 is 26.5. The highest BCUT2D eigenvalue weighted by Crippen LogP contribution is 2.71. The Morgan fingerprint density at radius 1 is 1.20 bits per heavy atom. The predicted molar refractivity (Wildman–Crippen MR) is 52.1 cm³/mol. The largest absolute Gasteiger partial charge is 0.369 e.